The van der Waals surface area contributed by atoms with Gasteiger partial charge in [-0.1, -0.05) is 6.07 Å². The molecular formula is C13H14N2O2. The van der Waals surface area contributed by atoms with Gasteiger partial charge in [-0.25, -0.2) is 0 Å². The Hall–Kier alpha value is -2.10. The third kappa shape index (κ3) is 2.53. The number of rotatable bonds is 4. The molecule has 0 fully saturated rings. The Morgan fingerprint density at radius 1 is 1.41 bits per heavy atom. The molecule has 4 nitrogen and oxygen atoms in total. The quantitative estimate of drug-likeness (QED) is 0.874. The molecule has 17 heavy (non-hydrogen) atoms. The van der Waals surface area contributed by atoms with Gasteiger partial charge in [0.05, 0.1) is 5.52 Å². The number of carbonyl (C=O) groups is 1. The average Bonchev–Trinajstić information content (AvgIpc) is 2.35. The van der Waals surface area contributed by atoms with Crippen molar-refractivity contribution in [3.8, 4) is 0 Å². The van der Waals surface area contributed by atoms with Crippen LogP contribution in [0, 0.1) is 0 Å². The summed E-state index contributed by atoms with van der Waals surface area (Å²) in [7, 11) is 0. The Morgan fingerprint density at radius 2 is 2.24 bits per heavy atom. The number of aliphatic carboxylic acids is 1. The van der Waals surface area contributed by atoms with Crippen molar-refractivity contribution in [3.63, 3.8) is 0 Å². The molecule has 4 heteroatoms. The van der Waals surface area contributed by atoms with Crippen LogP contribution in [-0.4, -0.2) is 29.1 Å². The van der Waals surface area contributed by atoms with Gasteiger partial charge in [-0.3, -0.25) is 9.78 Å². The van der Waals surface area contributed by atoms with Crippen molar-refractivity contribution < 1.29 is 9.90 Å². The maximum atomic E-state index is 10.8. The summed E-state index contributed by atoms with van der Waals surface area (Å²) in [5.74, 6) is -0.821. The van der Waals surface area contributed by atoms with Crippen LogP contribution in [-0.2, 0) is 4.79 Å². The van der Waals surface area contributed by atoms with Gasteiger partial charge in [0, 0.05) is 23.8 Å². The molecule has 0 aliphatic heterocycles. The van der Waals surface area contributed by atoms with Gasteiger partial charge in [-0.15, -0.1) is 0 Å². The maximum absolute atomic E-state index is 10.8. The summed E-state index contributed by atoms with van der Waals surface area (Å²) in [6, 6.07) is 9.63. The van der Waals surface area contributed by atoms with Crippen molar-refractivity contribution in [3.05, 3.63) is 36.5 Å². The molecular weight excluding hydrogens is 216 g/mol. The molecule has 0 unspecified atom stereocenters. The number of fused-ring (bicyclic) bond motifs is 1. The molecule has 2 aromatic rings. The first-order chi connectivity index (χ1) is 8.20. The van der Waals surface area contributed by atoms with Crippen LogP contribution in [0.25, 0.3) is 10.9 Å². The zero-order valence-corrected chi connectivity index (χ0v) is 9.63. The van der Waals surface area contributed by atoms with Gasteiger partial charge >= 0.3 is 5.97 Å². The van der Waals surface area contributed by atoms with Crippen LogP contribution in [0.15, 0.2) is 36.5 Å². The summed E-state index contributed by atoms with van der Waals surface area (Å²) >= 11 is 0. The molecule has 0 radical (unpaired) electrons. The SMILES string of the molecule is CCN(CC(=O)O)c1ccc2ncccc2c1. The van der Waals surface area contributed by atoms with E-state index in [1.165, 1.54) is 0 Å². The highest BCUT2D eigenvalue weighted by atomic mass is 16.4. The highest BCUT2D eigenvalue weighted by Gasteiger charge is 2.08. The number of benzene rings is 1. The number of carboxylic acids is 1. The predicted molar refractivity (Wildman–Crippen MR) is 67.3 cm³/mol. The first kappa shape index (κ1) is 11.4. The van der Waals surface area contributed by atoms with E-state index in [1.807, 2.05) is 42.2 Å². The largest absolute Gasteiger partial charge is 0.480 e. The molecule has 0 saturated heterocycles. The van der Waals surface area contributed by atoms with E-state index in [4.69, 9.17) is 5.11 Å². The van der Waals surface area contributed by atoms with E-state index in [2.05, 4.69) is 4.98 Å². The minimum absolute atomic E-state index is 0.0161. The minimum atomic E-state index is -0.821. The summed E-state index contributed by atoms with van der Waals surface area (Å²) in [6.07, 6.45) is 1.75. The van der Waals surface area contributed by atoms with Gasteiger partial charge in [-0.2, -0.15) is 0 Å². The highest BCUT2D eigenvalue weighted by molar-refractivity contribution is 5.83. The van der Waals surface area contributed by atoms with Gasteiger partial charge in [0.15, 0.2) is 0 Å². The monoisotopic (exact) mass is 230 g/mol. The van der Waals surface area contributed by atoms with E-state index in [0.717, 1.165) is 16.6 Å². The van der Waals surface area contributed by atoms with Gasteiger partial charge in [0.25, 0.3) is 0 Å². The first-order valence-electron chi connectivity index (χ1n) is 5.52. The van der Waals surface area contributed by atoms with Crippen molar-refractivity contribution in [1.29, 1.82) is 0 Å². The summed E-state index contributed by atoms with van der Waals surface area (Å²) in [5.41, 5.74) is 1.83. The fourth-order valence-electron chi connectivity index (χ4n) is 1.81. The zero-order valence-electron chi connectivity index (χ0n) is 9.63. The van der Waals surface area contributed by atoms with E-state index in [0.29, 0.717) is 6.54 Å². The van der Waals surface area contributed by atoms with Gasteiger partial charge in [0.2, 0.25) is 0 Å². The normalized spacial score (nSPS) is 10.4. The van der Waals surface area contributed by atoms with Crippen LogP contribution in [0.5, 0.6) is 0 Å². The lowest BCUT2D eigenvalue weighted by Gasteiger charge is -2.21. The Labute approximate surface area is 99.5 Å². The molecule has 0 saturated carbocycles. The average molecular weight is 230 g/mol. The van der Waals surface area contributed by atoms with E-state index in [-0.39, 0.29) is 6.54 Å². The van der Waals surface area contributed by atoms with Crippen LogP contribution >= 0.6 is 0 Å². The van der Waals surface area contributed by atoms with E-state index < -0.39 is 5.97 Å². The fourth-order valence-corrected chi connectivity index (χ4v) is 1.81. The van der Waals surface area contributed by atoms with Gasteiger partial charge in [0.1, 0.15) is 6.54 Å². The molecule has 0 amide bonds. The second-order valence-electron chi connectivity index (χ2n) is 3.79. The molecule has 0 atom stereocenters. The molecule has 1 aromatic heterocycles. The molecule has 1 heterocycles. The molecule has 0 bridgehead atoms. The lowest BCUT2D eigenvalue weighted by atomic mass is 10.2. The van der Waals surface area contributed by atoms with Crippen molar-refractivity contribution in [1.82, 2.24) is 4.98 Å². The molecule has 0 spiro atoms. The predicted octanol–water partition coefficient (Wildman–Crippen LogP) is 2.15. The number of aromatic nitrogens is 1. The number of nitrogens with zero attached hydrogens (tertiary/aromatic N) is 2. The van der Waals surface area contributed by atoms with Crippen LogP contribution in [0.3, 0.4) is 0 Å². The number of carboxylic acid groups (broad SMARTS) is 1. The summed E-state index contributed by atoms with van der Waals surface area (Å²) < 4.78 is 0. The second kappa shape index (κ2) is 4.82. The Balaban J connectivity index is 2.37. The van der Waals surface area contributed by atoms with E-state index in [1.54, 1.807) is 6.20 Å². The van der Waals surface area contributed by atoms with Crippen molar-refractivity contribution >= 4 is 22.6 Å². The third-order valence-corrected chi connectivity index (χ3v) is 2.66. The standard InChI is InChI=1S/C13H14N2O2/c1-2-15(9-13(16)17)11-5-6-12-10(8-11)4-3-7-14-12/h3-8H,2,9H2,1H3,(H,16,17). The van der Waals surface area contributed by atoms with Crippen LogP contribution in [0.4, 0.5) is 5.69 Å². The zero-order chi connectivity index (χ0) is 12.3. The molecule has 1 N–H and O–H groups in total. The first-order valence-corrected chi connectivity index (χ1v) is 5.52. The maximum Gasteiger partial charge on any atom is 0.323 e. The topological polar surface area (TPSA) is 53.4 Å². The Kier molecular flexibility index (Phi) is 3.23. The second-order valence-corrected chi connectivity index (χ2v) is 3.79. The highest BCUT2D eigenvalue weighted by Crippen LogP contribution is 2.20. The van der Waals surface area contributed by atoms with Gasteiger partial charge in [-0.05, 0) is 31.2 Å². The molecule has 88 valence electrons. The lowest BCUT2D eigenvalue weighted by molar-refractivity contribution is -0.135. The molecule has 0 aliphatic carbocycles. The minimum Gasteiger partial charge on any atom is -0.480 e. The molecule has 0 aliphatic rings. The molecule has 2 rings (SSSR count). The lowest BCUT2D eigenvalue weighted by Crippen LogP contribution is -2.29. The third-order valence-electron chi connectivity index (χ3n) is 2.66. The van der Waals surface area contributed by atoms with Gasteiger partial charge < -0.3 is 10.0 Å². The number of pyridine rings is 1. The summed E-state index contributed by atoms with van der Waals surface area (Å²) in [6.45, 7) is 2.62. The van der Waals surface area contributed by atoms with Crippen LogP contribution < -0.4 is 4.90 Å². The fraction of sp³-hybridized carbons (Fsp3) is 0.231. The number of anilines is 1. The summed E-state index contributed by atoms with van der Waals surface area (Å²) in [4.78, 5) is 16.8. The smallest absolute Gasteiger partial charge is 0.323 e. The van der Waals surface area contributed by atoms with E-state index >= 15 is 0 Å². The van der Waals surface area contributed by atoms with Crippen molar-refractivity contribution in [2.75, 3.05) is 18.0 Å². The van der Waals surface area contributed by atoms with E-state index in [9.17, 15) is 4.79 Å². The Morgan fingerprint density at radius 3 is 2.94 bits per heavy atom. The Bertz CT molecular complexity index is 540. The summed E-state index contributed by atoms with van der Waals surface area (Å²) in [5, 5.41) is 9.86. The number of hydrogen-bond acceptors (Lipinski definition) is 3. The van der Waals surface area contributed by atoms with Crippen molar-refractivity contribution in [2.24, 2.45) is 0 Å². The van der Waals surface area contributed by atoms with Crippen LogP contribution in [0.1, 0.15) is 6.92 Å². The van der Waals surface area contributed by atoms with Crippen LogP contribution in [0.2, 0.25) is 0 Å². The molecule has 1 aromatic carbocycles. The number of hydrogen-bond donors (Lipinski definition) is 1. The van der Waals surface area contributed by atoms with Crippen molar-refractivity contribution in [2.45, 2.75) is 6.92 Å². The number of likely N-dealkylation sites (N-methyl/N-ethyl adjacent to an activating group) is 1.